The van der Waals surface area contributed by atoms with E-state index in [2.05, 4.69) is 5.32 Å². The zero-order chi connectivity index (χ0) is 14.5. The van der Waals surface area contributed by atoms with Gasteiger partial charge in [-0.2, -0.15) is 0 Å². The number of aliphatic carboxylic acids is 1. The van der Waals surface area contributed by atoms with E-state index < -0.39 is 12.4 Å². The molecule has 0 saturated heterocycles. The molecule has 1 aromatic carbocycles. The third-order valence-electron chi connectivity index (χ3n) is 3.90. The van der Waals surface area contributed by atoms with E-state index in [1.165, 1.54) is 12.1 Å². The summed E-state index contributed by atoms with van der Waals surface area (Å²) in [4.78, 5) is 10.8. The number of carboxylic acids is 1. The minimum atomic E-state index is -2.43. The minimum absolute atomic E-state index is 0.0377. The lowest BCUT2D eigenvalue weighted by Gasteiger charge is -2.27. The second kappa shape index (κ2) is 6.79. The summed E-state index contributed by atoms with van der Waals surface area (Å²) >= 11 is 0. The first kappa shape index (κ1) is 14.9. The van der Waals surface area contributed by atoms with Gasteiger partial charge < -0.3 is 10.4 Å². The summed E-state index contributed by atoms with van der Waals surface area (Å²) in [5.41, 5.74) is 1.01. The molecule has 0 aliphatic heterocycles. The Balaban J connectivity index is 1.77. The lowest BCUT2D eigenvalue weighted by Crippen LogP contribution is -2.34. The average molecular weight is 283 g/mol. The molecular weight excluding hydrogens is 264 g/mol. The Morgan fingerprint density at radius 2 is 1.80 bits per heavy atom. The first-order valence-corrected chi connectivity index (χ1v) is 6.89. The molecule has 5 heteroatoms. The fourth-order valence-corrected chi connectivity index (χ4v) is 2.59. The number of carbonyl (C=O) groups is 1. The topological polar surface area (TPSA) is 49.3 Å². The smallest absolute Gasteiger partial charge is 0.306 e. The fourth-order valence-electron chi connectivity index (χ4n) is 2.59. The number of rotatable bonds is 5. The lowest BCUT2D eigenvalue weighted by atomic mass is 9.86. The average Bonchev–Trinajstić information content (AvgIpc) is 2.46. The molecule has 0 aromatic heterocycles. The highest BCUT2D eigenvalue weighted by molar-refractivity contribution is 5.70. The summed E-state index contributed by atoms with van der Waals surface area (Å²) in [6, 6.07) is 6.63. The van der Waals surface area contributed by atoms with Crippen LogP contribution in [0.3, 0.4) is 0 Å². The van der Waals surface area contributed by atoms with Crippen molar-refractivity contribution in [3.63, 3.8) is 0 Å². The van der Waals surface area contributed by atoms with Crippen LogP contribution in [0.25, 0.3) is 0 Å². The van der Waals surface area contributed by atoms with Gasteiger partial charge in [-0.25, -0.2) is 8.78 Å². The van der Waals surface area contributed by atoms with Gasteiger partial charge in [0, 0.05) is 18.2 Å². The van der Waals surface area contributed by atoms with Crippen LogP contribution in [0.5, 0.6) is 0 Å². The van der Waals surface area contributed by atoms with Gasteiger partial charge >= 0.3 is 5.97 Å². The largest absolute Gasteiger partial charge is 0.481 e. The van der Waals surface area contributed by atoms with Crippen molar-refractivity contribution in [3.05, 3.63) is 35.4 Å². The highest BCUT2D eigenvalue weighted by Gasteiger charge is 2.25. The number of benzene rings is 1. The summed E-state index contributed by atoms with van der Waals surface area (Å²) in [5.74, 6) is -0.913. The summed E-state index contributed by atoms with van der Waals surface area (Å²) in [6.45, 7) is 0.631. The van der Waals surface area contributed by atoms with Crippen LogP contribution in [0.1, 0.15) is 43.2 Å². The molecule has 0 atom stereocenters. The summed E-state index contributed by atoms with van der Waals surface area (Å²) in [5, 5.41) is 12.3. The second-order valence-corrected chi connectivity index (χ2v) is 5.31. The third kappa shape index (κ3) is 4.00. The number of alkyl halides is 2. The monoisotopic (exact) mass is 283 g/mol. The number of hydrogen-bond donors (Lipinski definition) is 2. The van der Waals surface area contributed by atoms with Crippen molar-refractivity contribution in [1.82, 2.24) is 5.32 Å². The Kier molecular flexibility index (Phi) is 5.06. The molecule has 0 amide bonds. The highest BCUT2D eigenvalue weighted by atomic mass is 19.3. The van der Waals surface area contributed by atoms with Crippen molar-refractivity contribution in [1.29, 1.82) is 0 Å². The molecule has 0 unspecified atom stereocenters. The van der Waals surface area contributed by atoms with Crippen LogP contribution in [-0.4, -0.2) is 17.1 Å². The van der Waals surface area contributed by atoms with Crippen molar-refractivity contribution in [3.8, 4) is 0 Å². The van der Waals surface area contributed by atoms with Crippen molar-refractivity contribution in [2.24, 2.45) is 5.92 Å². The second-order valence-electron chi connectivity index (χ2n) is 5.31. The van der Waals surface area contributed by atoms with Gasteiger partial charge in [-0.05, 0) is 31.2 Å². The Morgan fingerprint density at radius 1 is 1.20 bits per heavy atom. The van der Waals surface area contributed by atoms with Crippen molar-refractivity contribution in [2.75, 3.05) is 0 Å². The number of hydrogen-bond acceptors (Lipinski definition) is 2. The Hall–Kier alpha value is -1.49. The van der Waals surface area contributed by atoms with E-state index in [4.69, 9.17) is 5.11 Å². The SMILES string of the molecule is O=C(O)C1CCC(NCc2ccc(C(F)F)cc2)CC1. The van der Waals surface area contributed by atoms with Gasteiger partial charge in [-0.1, -0.05) is 24.3 Å². The minimum Gasteiger partial charge on any atom is -0.481 e. The van der Waals surface area contributed by atoms with E-state index in [-0.39, 0.29) is 11.5 Å². The standard InChI is InChI=1S/C15H19F2NO2/c16-14(17)11-3-1-10(2-4-11)9-18-13-7-5-12(6-8-13)15(19)20/h1-4,12-14,18H,5-9H2,(H,19,20). The van der Waals surface area contributed by atoms with Crippen LogP contribution in [0.15, 0.2) is 24.3 Å². The van der Waals surface area contributed by atoms with E-state index >= 15 is 0 Å². The van der Waals surface area contributed by atoms with Gasteiger partial charge in [-0.15, -0.1) is 0 Å². The maximum absolute atomic E-state index is 12.4. The molecule has 0 heterocycles. The van der Waals surface area contributed by atoms with Gasteiger partial charge in [0.25, 0.3) is 6.43 Å². The maximum atomic E-state index is 12.4. The molecule has 1 fully saturated rings. The Bertz CT molecular complexity index is 440. The molecule has 3 nitrogen and oxygen atoms in total. The third-order valence-corrected chi connectivity index (χ3v) is 3.90. The summed E-state index contributed by atoms with van der Waals surface area (Å²) < 4.78 is 24.8. The molecule has 0 spiro atoms. The molecule has 0 radical (unpaired) electrons. The first-order valence-electron chi connectivity index (χ1n) is 6.89. The van der Waals surface area contributed by atoms with Gasteiger partial charge in [0.1, 0.15) is 0 Å². The van der Waals surface area contributed by atoms with Crippen LogP contribution in [0.2, 0.25) is 0 Å². The fraction of sp³-hybridized carbons (Fsp3) is 0.533. The quantitative estimate of drug-likeness (QED) is 0.871. The van der Waals surface area contributed by atoms with Crippen LogP contribution >= 0.6 is 0 Å². The molecule has 0 bridgehead atoms. The van der Waals surface area contributed by atoms with Gasteiger partial charge in [0.05, 0.1) is 5.92 Å². The van der Waals surface area contributed by atoms with E-state index in [0.717, 1.165) is 18.4 Å². The molecule has 1 aliphatic rings. The number of halogens is 2. The molecule has 1 aliphatic carbocycles. The van der Waals surface area contributed by atoms with Crippen LogP contribution in [-0.2, 0) is 11.3 Å². The zero-order valence-electron chi connectivity index (χ0n) is 11.2. The molecule has 1 saturated carbocycles. The van der Waals surface area contributed by atoms with Crippen molar-refractivity contribution >= 4 is 5.97 Å². The zero-order valence-corrected chi connectivity index (χ0v) is 11.2. The normalized spacial score (nSPS) is 22.9. The highest BCUT2D eigenvalue weighted by Crippen LogP contribution is 2.25. The Morgan fingerprint density at radius 3 is 2.30 bits per heavy atom. The van der Waals surface area contributed by atoms with E-state index in [0.29, 0.717) is 25.4 Å². The van der Waals surface area contributed by atoms with E-state index in [1.807, 2.05) is 0 Å². The lowest BCUT2D eigenvalue weighted by molar-refractivity contribution is -0.142. The maximum Gasteiger partial charge on any atom is 0.306 e. The van der Waals surface area contributed by atoms with Crippen molar-refractivity contribution < 1.29 is 18.7 Å². The predicted molar refractivity (Wildman–Crippen MR) is 71.6 cm³/mol. The van der Waals surface area contributed by atoms with Crippen LogP contribution in [0.4, 0.5) is 8.78 Å². The van der Waals surface area contributed by atoms with Crippen LogP contribution < -0.4 is 5.32 Å². The Labute approximate surface area is 117 Å². The molecule has 2 rings (SSSR count). The first-order chi connectivity index (χ1) is 9.56. The molecule has 1 aromatic rings. The molecule has 2 N–H and O–H groups in total. The van der Waals surface area contributed by atoms with Gasteiger partial charge in [-0.3, -0.25) is 4.79 Å². The van der Waals surface area contributed by atoms with E-state index in [1.54, 1.807) is 12.1 Å². The van der Waals surface area contributed by atoms with Crippen molar-refractivity contribution in [2.45, 2.75) is 44.7 Å². The number of carboxylic acid groups (broad SMARTS) is 1. The predicted octanol–water partition coefficient (Wildman–Crippen LogP) is 3.36. The van der Waals surface area contributed by atoms with Gasteiger partial charge in [0.2, 0.25) is 0 Å². The van der Waals surface area contributed by atoms with Gasteiger partial charge in [0.15, 0.2) is 0 Å². The molecular formula is C15H19F2NO2. The van der Waals surface area contributed by atoms with E-state index in [9.17, 15) is 13.6 Å². The van der Waals surface area contributed by atoms with Crippen LogP contribution in [0, 0.1) is 5.92 Å². The molecule has 110 valence electrons. The number of nitrogens with one attached hydrogen (secondary N) is 1. The summed E-state index contributed by atoms with van der Waals surface area (Å²) in [6.07, 6.45) is 0.690. The summed E-state index contributed by atoms with van der Waals surface area (Å²) in [7, 11) is 0. The molecule has 20 heavy (non-hydrogen) atoms.